The Hall–Kier alpha value is -2.75. The summed E-state index contributed by atoms with van der Waals surface area (Å²) in [4.78, 5) is 12.8. The van der Waals surface area contributed by atoms with Crippen LogP contribution in [0.3, 0.4) is 0 Å². The number of ether oxygens (including phenoxy) is 3. The SMILES string of the molecule is CCCCOc1cc(OCCCC)c(CCC)cc1C=CC(=O)c1ccc(OCCC)cc1. The molecule has 0 radical (unpaired) electrons. The van der Waals surface area contributed by atoms with Gasteiger partial charge in [-0.15, -0.1) is 0 Å². The highest BCUT2D eigenvalue weighted by Gasteiger charge is 2.12. The first-order valence-electron chi connectivity index (χ1n) is 12.5. The maximum absolute atomic E-state index is 12.8. The first-order valence-corrected chi connectivity index (χ1v) is 12.5. The lowest BCUT2D eigenvalue weighted by Gasteiger charge is -2.16. The van der Waals surface area contributed by atoms with E-state index in [9.17, 15) is 4.79 Å². The van der Waals surface area contributed by atoms with Crippen LogP contribution in [0.15, 0.2) is 42.5 Å². The Kier molecular flexibility index (Phi) is 12.2. The third-order valence-corrected chi connectivity index (χ3v) is 5.25. The van der Waals surface area contributed by atoms with Crippen LogP contribution < -0.4 is 14.2 Å². The summed E-state index contributed by atoms with van der Waals surface area (Å²) < 4.78 is 17.8. The van der Waals surface area contributed by atoms with Crippen molar-refractivity contribution in [1.29, 1.82) is 0 Å². The Bertz CT molecular complexity index is 868. The van der Waals surface area contributed by atoms with Gasteiger partial charge in [0.2, 0.25) is 0 Å². The molecule has 0 unspecified atom stereocenters. The minimum Gasteiger partial charge on any atom is -0.494 e. The maximum Gasteiger partial charge on any atom is 0.185 e. The highest BCUT2D eigenvalue weighted by molar-refractivity contribution is 6.07. The summed E-state index contributed by atoms with van der Waals surface area (Å²) in [5.74, 6) is 2.40. The van der Waals surface area contributed by atoms with Crippen molar-refractivity contribution >= 4 is 11.9 Å². The second-order valence-corrected chi connectivity index (χ2v) is 8.22. The van der Waals surface area contributed by atoms with Gasteiger partial charge < -0.3 is 14.2 Å². The second-order valence-electron chi connectivity index (χ2n) is 8.22. The van der Waals surface area contributed by atoms with Crippen molar-refractivity contribution in [3.8, 4) is 17.2 Å². The number of carbonyl (C=O) groups is 1. The van der Waals surface area contributed by atoms with Crippen LogP contribution in [0.25, 0.3) is 6.08 Å². The summed E-state index contributed by atoms with van der Waals surface area (Å²) in [5.41, 5.74) is 2.70. The number of allylic oxidation sites excluding steroid dienone is 1. The number of ketones is 1. The van der Waals surface area contributed by atoms with Crippen molar-refractivity contribution in [3.63, 3.8) is 0 Å². The van der Waals surface area contributed by atoms with Crippen molar-refractivity contribution in [1.82, 2.24) is 0 Å². The first kappa shape index (κ1) is 26.5. The molecule has 180 valence electrons. The van der Waals surface area contributed by atoms with Crippen LogP contribution in [0.1, 0.15) is 87.7 Å². The molecular weight excluding hydrogens is 412 g/mol. The molecule has 0 bridgehead atoms. The Morgan fingerprint density at radius 3 is 2.03 bits per heavy atom. The number of carbonyl (C=O) groups excluding carboxylic acids is 1. The second kappa shape index (κ2) is 15.2. The molecule has 0 amide bonds. The molecule has 4 nitrogen and oxygen atoms in total. The molecule has 33 heavy (non-hydrogen) atoms. The van der Waals surface area contributed by atoms with Gasteiger partial charge in [0.05, 0.1) is 19.8 Å². The zero-order valence-corrected chi connectivity index (χ0v) is 20.8. The quantitative estimate of drug-likeness (QED) is 0.149. The molecule has 0 spiro atoms. The predicted octanol–water partition coefficient (Wildman–Crippen LogP) is 7.68. The van der Waals surface area contributed by atoms with Crippen molar-refractivity contribution in [2.75, 3.05) is 19.8 Å². The fourth-order valence-electron chi connectivity index (χ4n) is 3.33. The smallest absolute Gasteiger partial charge is 0.185 e. The molecule has 0 saturated carbocycles. The number of benzene rings is 2. The molecule has 2 aromatic rings. The Balaban J connectivity index is 2.25. The van der Waals surface area contributed by atoms with E-state index < -0.39 is 0 Å². The average molecular weight is 453 g/mol. The summed E-state index contributed by atoms with van der Waals surface area (Å²) >= 11 is 0. The predicted molar refractivity (Wildman–Crippen MR) is 137 cm³/mol. The summed E-state index contributed by atoms with van der Waals surface area (Å²) in [5, 5.41) is 0. The number of hydrogen-bond acceptors (Lipinski definition) is 4. The van der Waals surface area contributed by atoms with Gasteiger partial charge in [-0.3, -0.25) is 4.79 Å². The fraction of sp³-hybridized carbons (Fsp3) is 0.483. The largest absolute Gasteiger partial charge is 0.494 e. The lowest BCUT2D eigenvalue weighted by atomic mass is 10.0. The van der Waals surface area contributed by atoms with Gasteiger partial charge in [-0.25, -0.2) is 0 Å². The van der Waals surface area contributed by atoms with Gasteiger partial charge in [-0.2, -0.15) is 0 Å². The standard InChI is InChI=1S/C29H40O4/c1-5-9-19-32-28-22-29(33-20-10-6-2)25(21-24(28)11-7-3)14-17-27(30)23-12-15-26(16-13-23)31-18-8-4/h12-17,21-22H,5-11,18-20H2,1-4H3. The number of rotatable bonds is 16. The van der Waals surface area contributed by atoms with Crippen LogP contribution in [0.4, 0.5) is 0 Å². The molecule has 0 heterocycles. The van der Waals surface area contributed by atoms with E-state index in [0.717, 1.165) is 73.3 Å². The summed E-state index contributed by atoms with van der Waals surface area (Å²) in [6, 6.07) is 11.4. The molecule has 0 fully saturated rings. The highest BCUT2D eigenvalue weighted by Crippen LogP contribution is 2.32. The molecule has 0 aliphatic rings. The molecule has 0 aliphatic carbocycles. The third-order valence-electron chi connectivity index (χ3n) is 5.25. The van der Waals surface area contributed by atoms with Crippen molar-refractivity contribution in [3.05, 3.63) is 59.2 Å². The van der Waals surface area contributed by atoms with Gasteiger partial charge in [-0.1, -0.05) is 47.0 Å². The normalized spacial score (nSPS) is 11.0. The number of hydrogen-bond donors (Lipinski definition) is 0. The number of aryl methyl sites for hydroxylation is 1. The van der Waals surface area contributed by atoms with E-state index in [-0.39, 0.29) is 5.78 Å². The van der Waals surface area contributed by atoms with Crippen LogP contribution in [0, 0.1) is 0 Å². The van der Waals surface area contributed by atoms with Crippen LogP contribution in [-0.4, -0.2) is 25.6 Å². The molecule has 4 heteroatoms. The van der Waals surface area contributed by atoms with Gasteiger partial charge >= 0.3 is 0 Å². The van der Waals surface area contributed by atoms with E-state index >= 15 is 0 Å². The molecule has 0 saturated heterocycles. The van der Waals surface area contributed by atoms with Crippen molar-refractivity contribution < 1.29 is 19.0 Å². The van der Waals surface area contributed by atoms with Crippen LogP contribution >= 0.6 is 0 Å². The lowest BCUT2D eigenvalue weighted by molar-refractivity contribution is 0.104. The minimum atomic E-state index is -0.0446. The summed E-state index contributed by atoms with van der Waals surface area (Å²) in [6.07, 6.45) is 10.5. The zero-order valence-electron chi connectivity index (χ0n) is 20.8. The fourth-order valence-corrected chi connectivity index (χ4v) is 3.33. The zero-order chi connectivity index (χ0) is 23.9. The monoisotopic (exact) mass is 452 g/mol. The Labute approximate surface area is 200 Å². The minimum absolute atomic E-state index is 0.0446. The maximum atomic E-state index is 12.8. The van der Waals surface area contributed by atoms with Gasteiger partial charge in [-0.05, 0) is 73.7 Å². The van der Waals surface area contributed by atoms with Gasteiger partial charge in [0.15, 0.2) is 5.78 Å². The molecule has 0 aromatic heterocycles. The van der Waals surface area contributed by atoms with Crippen LogP contribution in [-0.2, 0) is 6.42 Å². The molecule has 2 rings (SSSR count). The first-order chi connectivity index (χ1) is 16.1. The van der Waals surface area contributed by atoms with E-state index in [1.165, 1.54) is 0 Å². The van der Waals surface area contributed by atoms with Crippen LogP contribution in [0.5, 0.6) is 17.2 Å². The molecule has 0 aliphatic heterocycles. The van der Waals surface area contributed by atoms with E-state index in [4.69, 9.17) is 14.2 Å². The van der Waals surface area contributed by atoms with E-state index in [1.807, 2.05) is 36.4 Å². The number of unbranched alkanes of at least 4 members (excludes halogenated alkanes) is 2. The Morgan fingerprint density at radius 2 is 1.42 bits per heavy atom. The molecule has 2 aromatic carbocycles. The third kappa shape index (κ3) is 8.95. The van der Waals surface area contributed by atoms with Gasteiger partial charge in [0, 0.05) is 17.2 Å². The lowest BCUT2D eigenvalue weighted by Crippen LogP contribution is -2.04. The van der Waals surface area contributed by atoms with Crippen molar-refractivity contribution in [2.24, 2.45) is 0 Å². The van der Waals surface area contributed by atoms with Gasteiger partial charge in [0.1, 0.15) is 17.2 Å². The van der Waals surface area contributed by atoms with E-state index in [2.05, 4.69) is 33.8 Å². The summed E-state index contributed by atoms with van der Waals surface area (Å²) in [7, 11) is 0. The molecule has 0 N–H and O–H groups in total. The topological polar surface area (TPSA) is 44.8 Å². The highest BCUT2D eigenvalue weighted by atomic mass is 16.5. The van der Waals surface area contributed by atoms with Crippen LogP contribution in [0.2, 0.25) is 0 Å². The average Bonchev–Trinajstić information content (AvgIpc) is 2.83. The van der Waals surface area contributed by atoms with Gasteiger partial charge in [0.25, 0.3) is 0 Å². The molecular formula is C29H40O4. The van der Waals surface area contributed by atoms with E-state index in [0.29, 0.717) is 25.4 Å². The van der Waals surface area contributed by atoms with E-state index in [1.54, 1.807) is 6.08 Å². The summed E-state index contributed by atoms with van der Waals surface area (Å²) in [6.45, 7) is 10.6. The Morgan fingerprint density at radius 1 is 0.758 bits per heavy atom. The van der Waals surface area contributed by atoms with Crippen molar-refractivity contribution in [2.45, 2.75) is 72.6 Å². The molecule has 0 atom stereocenters.